The summed E-state index contributed by atoms with van der Waals surface area (Å²) in [5.41, 5.74) is -0.886. The Morgan fingerprint density at radius 3 is 2.39 bits per heavy atom. The number of carbonyl (C=O) groups excluding carboxylic acids is 2. The number of fused-ring (bicyclic) bond motifs is 1. The number of carbonyl (C=O) groups is 2. The van der Waals surface area contributed by atoms with E-state index in [2.05, 4.69) is 26.5 Å². The van der Waals surface area contributed by atoms with Gasteiger partial charge in [0.25, 0.3) is 5.91 Å². The Morgan fingerprint density at radius 1 is 1.09 bits per heavy atom. The van der Waals surface area contributed by atoms with Gasteiger partial charge < -0.3 is 30.0 Å². The van der Waals surface area contributed by atoms with Crippen LogP contribution < -0.4 is 25.4 Å². The standard InChI is InChI=1S/C30H37F5N6O4S/c1-40-13-7-10-23(40)27(42)37-12-11-36-17-19-9-6-8-18-14-24(41(2)25(18)19)28(43)38-21-15-20(29(31,32)30(33,34)35)16-22(26(21)45-3)39-46(4,5)44/h6,8-9,14-16,23,36H,4,7,10-13,17H2,1-3,5H3,(H,37,42)(H,38,43)(H,39,44)/t23-,46?/m0/s1. The van der Waals surface area contributed by atoms with Crippen LogP contribution in [0.15, 0.2) is 36.4 Å². The summed E-state index contributed by atoms with van der Waals surface area (Å²) in [6, 6.07) is 7.79. The average molecular weight is 673 g/mol. The molecule has 1 unspecified atom stereocenters. The first-order chi connectivity index (χ1) is 21.4. The number of methoxy groups -OCH3 is 1. The number of aryl methyl sites for hydroxylation is 1. The van der Waals surface area contributed by atoms with E-state index >= 15 is 0 Å². The largest absolute Gasteiger partial charge is 0.492 e. The quantitative estimate of drug-likeness (QED) is 0.131. The number of benzene rings is 2. The maximum atomic E-state index is 14.4. The lowest BCUT2D eigenvalue weighted by Crippen LogP contribution is -2.43. The minimum absolute atomic E-state index is 0.0103. The number of rotatable bonds is 12. The van der Waals surface area contributed by atoms with E-state index in [1.165, 1.54) is 0 Å². The van der Waals surface area contributed by atoms with E-state index in [4.69, 9.17) is 4.74 Å². The number of amides is 2. The van der Waals surface area contributed by atoms with Crippen molar-refractivity contribution < 1.29 is 40.5 Å². The average Bonchev–Trinajstić information content (AvgIpc) is 3.54. The van der Waals surface area contributed by atoms with Crippen LogP contribution in [-0.4, -0.2) is 83.6 Å². The van der Waals surface area contributed by atoms with Crippen LogP contribution in [0.2, 0.25) is 0 Å². The number of aromatic nitrogens is 1. The maximum Gasteiger partial charge on any atom is 0.458 e. The summed E-state index contributed by atoms with van der Waals surface area (Å²) in [7, 11) is 1.50. The molecule has 46 heavy (non-hydrogen) atoms. The maximum absolute atomic E-state index is 14.4. The Balaban J connectivity index is 1.56. The Labute approximate surface area is 263 Å². The fourth-order valence-corrected chi connectivity index (χ4v) is 6.12. The lowest BCUT2D eigenvalue weighted by atomic mass is 10.0. The van der Waals surface area contributed by atoms with Crippen LogP contribution in [0.1, 0.15) is 34.5 Å². The Kier molecular flexibility index (Phi) is 10.2. The zero-order valence-corrected chi connectivity index (χ0v) is 26.6. The van der Waals surface area contributed by atoms with Gasteiger partial charge in [0.05, 0.1) is 30.0 Å². The molecule has 2 heterocycles. The van der Waals surface area contributed by atoms with Crippen molar-refractivity contribution in [2.24, 2.45) is 7.05 Å². The molecule has 0 saturated carbocycles. The highest BCUT2D eigenvalue weighted by molar-refractivity contribution is 8.00. The van der Waals surface area contributed by atoms with Gasteiger partial charge in [-0.2, -0.15) is 22.0 Å². The monoisotopic (exact) mass is 672 g/mol. The summed E-state index contributed by atoms with van der Waals surface area (Å²) in [4.78, 5) is 27.9. The van der Waals surface area contributed by atoms with Crippen LogP contribution in [0.3, 0.4) is 0 Å². The van der Waals surface area contributed by atoms with E-state index in [1.54, 1.807) is 29.8 Å². The minimum atomic E-state index is -5.95. The van der Waals surface area contributed by atoms with Gasteiger partial charge in [0.2, 0.25) is 5.91 Å². The molecule has 0 aliphatic carbocycles. The molecule has 0 spiro atoms. The molecule has 0 radical (unpaired) electrons. The van der Waals surface area contributed by atoms with Crippen molar-refractivity contribution in [1.82, 2.24) is 20.1 Å². The van der Waals surface area contributed by atoms with Crippen LogP contribution in [-0.2, 0) is 34.0 Å². The molecule has 1 aliphatic rings. The molecule has 3 aromatic rings. The zero-order valence-electron chi connectivity index (χ0n) is 25.8. The lowest BCUT2D eigenvalue weighted by Gasteiger charge is -2.24. The highest BCUT2D eigenvalue weighted by Gasteiger charge is 2.59. The predicted octanol–water partition coefficient (Wildman–Crippen LogP) is 4.07. The highest BCUT2D eigenvalue weighted by Crippen LogP contribution is 2.48. The van der Waals surface area contributed by atoms with Crippen molar-refractivity contribution in [2.75, 3.05) is 50.1 Å². The third kappa shape index (κ3) is 7.56. The van der Waals surface area contributed by atoms with Crippen LogP contribution in [0, 0.1) is 0 Å². The summed E-state index contributed by atoms with van der Waals surface area (Å²) < 4.78 is 90.2. The second kappa shape index (κ2) is 13.5. The smallest absolute Gasteiger partial charge is 0.458 e. The molecular formula is C30H37F5N6O4S. The van der Waals surface area contributed by atoms with Crippen LogP contribution in [0.25, 0.3) is 10.9 Å². The first-order valence-corrected chi connectivity index (χ1v) is 16.4. The van der Waals surface area contributed by atoms with E-state index in [0.717, 1.165) is 38.3 Å². The first-order valence-electron chi connectivity index (χ1n) is 14.3. The van der Waals surface area contributed by atoms with Gasteiger partial charge in [-0.3, -0.25) is 14.5 Å². The number of halogens is 5. The normalized spacial score (nSPS) is 17.1. The van der Waals surface area contributed by atoms with E-state index in [1.807, 2.05) is 18.0 Å². The van der Waals surface area contributed by atoms with Gasteiger partial charge in [0, 0.05) is 53.6 Å². The van der Waals surface area contributed by atoms with Gasteiger partial charge in [-0.1, -0.05) is 18.2 Å². The van der Waals surface area contributed by atoms with E-state index in [-0.39, 0.29) is 23.4 Å². The zero-order chi connectivity index (χ0) is 34.0. The predicted molar refractivity (Wildman–Crippen MR) is 169 cm³/mol. The SMILES string of the molecule is C=S(C)(=O)Nc1cc(C(F)(F)C(F)(F)F)cc(NC(=O)c2cc3cccc(CNCCNC(=O)[C@@H]4CCCN4C)c3n2C)c1OC. The molecule has 1 aromatic heterocycles. The van der Waals surface area contributed by atoms with Crippen molar-refractivity contribution in [3.05, 3.63) is 53.2 Å². The van der Waals surface area contributed by atoms with Crippen molar-refractivity contribution in [1.29, 1.82) is 0 Å². The molecule has 0 bridgehead atoms. The summed E-state index contributed by atoms with van der Waals surface area (Å²) in [6.45, 7) is 2.20. The molecule has 10 nitrogen and oxygen atoms in total. The number of hydrogen-bond donors (Lipinski definition) is 4. The van der Waals surface area contributed by atoms with Gasteiger partial charge in [0.15, 0.2) is 5.75 Å². The van der Waals surface area contributed by atoms with Crippen molar-refractivity contribution in [2.45, 2.75) is 37.5 Å². The number of anilines is 2. The number of hydrogen-bond acceptors (Lipinski definition) is 6. The number of nitrogens with one attached hydrogen (secondary N) is 4. The van der Waals surface area contributed by atoms with Crippen LogP contribution in [0.5, 0.6) is 5.75 Å². The molecule has 252 valence electrons. The first kappa shape index (κ1) is 35.0. The third-order valence-corrected chi connectivity index (χ3v) is 8.35. The summed E-state index contributed by atoms with van der Waals surface area (Å²) in [5.74, 6) is -3.09. The molecule has 1 saturated heterocycles. The molecule has 2 aromatic carbocycles. The second-order valence-electron chi connectivity index (χ2n) is 11.3. The Morgan fingerprint density at radius 2 is 1.78 bits per heavy atom. The Hall–Kier alpha value is -3.89. The number of para-hydroxylation sites is 1. The topological polar surface area (TPSA) is 117 Å². The molecular weight excluding hydrogens is 635 g/mol. The number of nitrogens with zero attached hydrogens (tertiary/aromatic N) is 2. The number of ether oxygens (including phenoxy) is 1. The number of likely N-dealkylation sites (tertiary alicyclic amines) is 1. The summed E-state index contributed by atoms with van der Waals surface area (Å²) in [6.07, 6.45) is -3.02. The van der Waals surface area contributed by atoms with Crippen molar-refractivity contribution in [3.63, 3.8) is 0 Å². The summed E-state index contributed by atoms with van der Waals surface area (Å²) >= 11 is 0. The highest BCUT2D eigenvalue weighted by atomic mass is 32.2. The number of alkyl halides is 5. The minimum Gasteiger partial charge on any atom is -0.492 e. The van der Waals surface area contributed by atoms with Crippen molar-refractivity contribution in [3.8, 4) is 5.75 Å². The number of likely N-dealkylation sites (N-methyl/N-ethyl adjacent to an activating group) is 1. The van der Waals surface area contributed by atoms with Crippen LogP contribution in [0.4, 0.5) is 33.3 Å². The van der Waals surface area contributed by atoms with Gasteiger partial charge in [-0.15, -0.1) is 0 Å². The van der Waals surface area contributed by atoms with Crippen molar-refractivity contribution >= 4 is 49.7 Å². The molecule has 16 heteroatoms. The van der Waals surface area contributed by atoms with Gasteiger partial charge >= 0.3 is 12.1 Å². The molecule has 2 atom stereocenters. The van der Waals surface area contributed by atoms with E-state index in [9.17, 15) is 35.8 Å². The van der Waals surface area contributed by atoms with Gasteiger partial charge in [-0.05, 0) is 56.1 Å². The van der Waals surface area contributed by atoms with Gasteiger partial charge in [-0.25, -0.2) is 4.21 Å². The fraction of sp³-hybridized carbons (Fsp3) is 0.433. The lowest BCUT2D eigenvalue weighted by molar-refractivity contribution is -0.289. The molecule has 1 fully saturated rings. The molecule has 4 rings (SSSR count). The third-order valence-electron chi connectivity index (χ3n) is 7.70. The van der Waals surface area contributed by atoms with Gasteiger partial charge in [0.1, 0.15) is 5.69 Å². The van der Waals surface area contributed by atoms with E-state index in [0.29, 0.717) is 42.7 Å². The second-order valence-corrected chi connectivity index (χ2v) is 13.5. The molecule has 1 aliphatic heterocycles. The molecule has 2 amide bonds. The fourth-order valence-electron chi connectivity index (χ4n) is 5.50. The van der Waals surface area contributed by atoms with E-state index < -0.39 is 44.7 Å². The Bertz CT molecular complexity index is 1720. The van der Waals surface area contributed by atoms with Crippen LogP contribution >= 0.6 is 0 Å². The summed E-state index contributed by atoms with van der Waals surface area (Å²) in [5, 5.41) is 9.27. The molecule has 4 N–H and O–H groups in total.